The first kappa shape index (κ1) is 26.1. The van der Waals surface area contributed by atoms with Crippen molar-refractivity contribution in [2.24, 2.45) is 0 Å². The van der Waals surface area contributed by atoms with Crippen LogP contribution in [-0.4, -0.2) is 21.9 Å². The molecule has 0 fully saturated rings. The summed E-state index contributed by atoms with van der Waals surface area (Å²) in [6.07, 6.45) is 6.28. The van der Waals surface area contributed by atoms with E-state index in [0.29, 0.717) is 24.0 Å². The number of rotatable bonds is 12. The van der Waals surface area contributed by atoms with Gasteiger partial charge >= 0.3 is 0 Å². The fourth-order valence-electron chi connectivity index (χ4n) is 4.78. The summed E-state index contributed by atoms with van der Waals surface area (Å²) >= 11 is 0. The lowest BCUT2D eigenvalue weighted by Gasteiger charge is -2.17. The van der Waals surface area contributed by atoms with Gasteiger partial charge in [0.1, 0.15) is 5.82 Å². The van der Waals surface area contributed by atoms with Gasteiger partial charge in [-0.1, -0.05) is 68.7 Å². The third-order valence-corrected chi connectivity index (χ3v) is 6.67. The number of hydrogen-bond acceptors (Lipinski definition) is 3. The second-order valence-electron chi connectivity index (χ2n) is 9.38. The lowest BCUT2D eigenvalue weighted by molar-refractivity contribution is -0.384. The van der Waals surface area contributed by atoms with Gasteiger partial charge < -0.3 is 9.88 Å². The summed E-state index contributed by atoms with van der Waals surface area (Å²) in [5, 5.41) is 15.3. The van der Waals surface area contributed by atoms with Crippen molar-refractivity contribution in [2.75, 3.05) is 6.54 Å². The minimum absolute atomic E-state index is 0.0235. The van der Waals surface area contributed by atoms with Gasteiger partial charge in [0, 0.05) is 54.7 Å². The van der Waals surface area contributed by atoms with E-state index in [4.69, 9.17) is 0 Å². The number of aromatic nitrogens is 1. The van der Waals surface area contributed by atoms with Crippen molar-refractivity contribution < 1.29 is 14.1 Å². The number of nitro groups is 1. The van der Waals surface area contributed by atoms with Crippen LogP contribution in [0.5, 0.6) is 0 Å². The second-order valence-corrected chi connectivity index (χ2v) is 9.38. The Balaban J connectivity index is 1.74. The fourth-order valence-corrected chi connectivity index (χ4v) is 4.78. The SMILES string of the molecule is CCCCCCNC(=O)CC(c1cccc(F)c1)c1cn(Cc2ccccc2)c2ccc([N+](=O)[O-])cc12. The highest BCUT2D eigenvalue weighted by molar-refractivity contribution is 5.88. The van der Waals surface area contributed by atoms with E-state index >= 15 is 0 Å². The first-order valence-corrected chi connectivity index (χ1v) is 12.8. The van der Waals surface area contributed by atoms with Crippen LogP contribution in [0.1, 0.15) is 61.6 Å². The standard InChI is InChI=1S/C30H32FN3O3/c1-2-3-4-8-16-32-30(35)19-26(23-12-9-13-24(31)17-23)28-21-33(20-22-10-6-5-7-11-22)29-15-14-25(34(36)37)18-27(28)29/h5-7,9-15,17-18,21,26H,2-4,8,16,19-20H2,1H3,(H,32,35). The van der Waals surface area contributed by atoms with Crippen molar-refractivity contribution >= 4 is 22.5 Å². The number of fused-ring (bicyclic) bond motifs is 1. The first-order chi connectivity index (χ1) is 18.0. The van der Waals surface area contributed by atoms with Crippen molar-refractivity contribution in [3.63, 3.8) is 0 Å². The zero-order chi connectivity index (χ0) is 26.2. The van der Waals surface area contributed by atoms with E-state index in [1.165, 1.54) is 18.2 Å². The molecule has 0 saturated carbocycles. The Kier molecular flexibility index (Phi) is 8.67. The van der Waals surface area contributed by atoms with E-state index in [1.54, 1.807) is 24.3 Å². The maximum absolute atomic E-state index is 14.3. The van der Waals surface area contributed by atoms with Crippen LogP contribution >= 0.6 is 0 Å². The molecule has 0 aliphatic heterocycles. The minimum Gasteiger partial charge on any atom is -0.356 e. The van der Waals surface area contributed by atoms with Crippen LogP contribution in [0.25, 0.3) is 10.9 Å². The Bertz CT molecular complexity index is 1370. The lowest BCUT2D eigenvalue weighted by atomic mass is 9.88. The molecule has 1 heterocycles. The zero-order valence-electron chi connectivity index (χ0n) is 21.0. The summed E-state index contributed by atoms with van der Waals surface area (Å²) < 4.78 is 16.3. The Morgan fingerprint density at radius 3 is 2.57 bits per heavy atom. The molecule has 1 unspecified atom stereocenters. The Hall–Kier alpha value is -4.00. The number of carbonyl (C=O) groups is 1. The van der Waals surface area contributed by atoms with Crippen molar-refractivity contribution in [3.05, 3.63) is 112 Å². The number of hydrogen-bond donors (Lipinski definition) is 1. The number of non-ortho nitro benzene ring substituents is 1. The molecule has 1 aromatic heterocycles. The highest BCUT2D eigenvalue weighted by atomic mass is 19.1. The second kappa shape index (κ2) is 12.3. The number of nitro benzene ring substituents is 1. The highest BCUT2D eigenvalue weighted by Crippen LogP contribution is 2.37. The molecule has 7 heteroatoms. The Morgan fingerprint density at radius 2 is 1.84 bits per heavy atom. The summed E-state index contributed by atoms with van der Waals surface area (Å²) in [6.45, 7) is 3.30. The molecule has 0 aliphatic rings. The normalized spacial score (nSPS) is 11.9. The van der Waals surface area contributed by atoms with Crippen molar-refractivity contribution in [1.29, 1.82) is 0 Å². The van der Waals surface area contributed by atoms with Crippen LogP contribution in [0.2, 0.25) is 0 Å². The van der Waals surface area contributed by atoms with Gasteiger partial charge in [-0.3, -0.25) is 14.9 Å². The van der Waals surface area contributed by atoms with Crippen LogP contribution in [0.4, 0.5) is 10.1 Å². The first-order valence-electron chi connectivity index (χ1n) is 12.8. The predicted molar refractivity (Wildman–Crippen MR) is 144 cm³/mol. The number of nitrogens with one attached hydrogen (secondary N) is 1. The third-order valence-electron chi connectivity index (χ3n) is 6.67. The molecule has 0 radical (unpaired) electrons. The van der Waals surface area contributed by atoms with Gasteiger partial charge in [-0.2, -0.15) is 0 Å². The quantitative estimate of drug-likeness (QED) is 0.130. The molecular weight excluding hydrogens is 469 g/mol. The number of amides is 1. The summed E-state index contributed by atoms with van der Waals surface area (Å²) in [7, 11) is 0. The third kappa shape index (κ3) is 6.61. The molecular formula is C30H32FN3O3. The molecule has 1 amide bonds. The molecule has 0 aliphatic carbocycles. The Morgan fingerprint density at radius 1 is 1.03 bits per heavy atom. The number of nitrogens with zero attached hydrogens (tertiary/aromatic N) is 2. The summed E-state index contributed by atoms with van der Waals surface area (Å²) in [6, 6.07) is 21.0. The van der Waals surface area contributed by atoms with Crippen molar-refractivity contribution in [3.8, 4) is 0 Å². The van der Waals surface area contributed by atoms with Gasteiger partial charge in [-0.15, -0.1) is 0 Å². The zero-order valence-corrected chi connectivity index (χ0v) is 21.0. The summed E-state index contributed by atoms with van der Waals surface area (Å²) in [4.78, 5) is 24.2. The number of unbranched alkanes of at least 4 members (excludes halogenated alkanes) is 3. The average Bonchev–Trinajstić information content (AvgIpc) is 3.25. The van der Waals surface area contributed by atoms with Crippen molar-refractivity contribution in [1.82, 2.24) is 9.88 Å². The van der Waals surface area contributed by atoms with Crippen molar-refractivity contribution in [2.45, 2.75) is 51.5 Å². The topological polar surface area (TPSA) is 77.2 Å². The van der Waals surface area contributed by atoms with E-state index < -0.39 is 10.8 Å². The average molecular weight is 502 g/mol. The molecule has 0 saturated heterocycles. The maximum Gasteiger partial charge on any atom is 0.270 e. The smallest absolute Gasteiger partial charge is 0.270 e. The van der Waals surface area contributed by atoms with Gasteiger partial charge in [0.25, 0.3) is 5.69 Å². The lowest BCUT2D eigenvalue weighted by Crippen LogP contribution is -2.26. The van der Waals surface area contributed by atoms with Gasteiger partial charge in [-0.25, -0.2) is 4.39 Å². The summed E-state index contributed by atoms with van der Waals surface area (Å²) in [5.74, 6) is -0.977. The molecule has 0 spiro atoms. The maximum atomic E-state index is 14.3. The largest absolute Gasteiger partial charge is 0.356 e. The molecule has 3 aromatic carbocycles. The van der Waals surface area contributed by atoms with Crippen LogP contribution < -0.4 is 5.32 Å². The van der Waals surface area contributed by atoms with E-state index in [-0.39, 0.29) is 23.8 Å². The van der Waals surface area contributed by atoms with Crippen LogP contribution in [-0.2, 0) is 11.3 Å². The predicted octanol–water partition coefficient (Wildman–Crippen LogP) is 6.96. The van der Waals surface area contributed by atoms with E-state index in [1.807, 2.05) is 41.1 Å². The Labute approximate surface area is 216 Å². The van der Waals surface area contributed by atoms with E-state index in [0.717, 1.165) is 42.3 Å². The van der Waals surface area contributed by atoms with Gasteiger partial charge in [-0.05, 0) is 41.3 Å². The monoisotopic (exact) mass is 501 g/mol. The molecule has 4 rings (SSSR count). The molecule has 192 valence electrons. The summed E-state index contributed by atoms with van der Waals surface area (Å²) in [5.41, 5.74) is 3.31. The molecule has 1 atom stereocenters. The molecule has 4 aromatic rings. The minimum atomic E-state index is -0.465. The molecule has 1 N–H and O–H groups in total. The number of halogens is 1. The molecule has 6 nitrogen and oxygen atoms in total. The van der Waals surface area contributed by atoms with E-state index in [9.17, 15) is 19.3 Å². The molecule has 0 bridgehead atoms. The van der Waals surface area contributed by atoms with Gasteiger partial charge in [0.05, 0.1) is 4.92 Å². The van der Waals surface area contributed by atoms with Crippen LogP contribution in [0.15, 0.2) is 79.0 Å². The fraction of sp³-hybridized carbons (Fsp3) is 0.300. The van der Waals surface area contributed by atoms with Crippen LogP contribution in [0.3, 0.4) is 0 Å². The number of carbonyl (C=O) groups excluding carboxylic acids is 1. The molecule has 37 heavy (non-hydrogen) atoms. The van der Waals surface area contributed by atoms with E-state index in [2.05, 4.69) is 12.2 Å². The van der Waals surface area contributed by atoms with Gasteiger partial charge in [0.2, 0.25) is 5.91 Å². The number of benzene rings is 3. The van der Waals surface area contributed by atoms with Crippen LogP contribution in [0, 0.1) is 15.9 Å². The van der Waals surface area contributed by atoms with Gasteiger partial charge in [0.15, 0.2) is 0 Å². The highest BCUT2D eigenvalue weighted by Gasteiger charge is 2.24.